The lowest BCUT2D eigenvalue weighted by Crippen LogP contribution is -2.44. The molecule has 0 saturated carbocycles. The third kappa shape index (κ3) is 3.75. The zero-order valence-electron chi connectivity index (χ0n) is 12.0. The summed E-state index contributed by atoms with van der Waals surface area (Å²) in [5, 5.41) is 0. The smallest absolute Gasteiger partial charge is 0.0670 e. The number of methoxy groups -OCH3 is 1. The Morgan fingerprint density at radius 1 is 1.42 bits per heavy atom. The van der Waals surface area contributed by atoms with Crippen LogP contribution >= 0.6 is 0 Å². The number of hydrogen-bond donors (Lipinski definition) is 1. The summed E-state index contributed by atoms with van der Waals surface area (Å²) >= 11 is 0. The van der Waals surface area contributed by atoms with Crippen LogP contribution in [0.25, 0.3) is 0 Å². The van der Waals surface area contributed by atoms with E-state index in [4.69, 9.17) is 10.5 Å². The Labute approximate surface area is 116 Å². The summed E-state index contributed by atoms with van der Waals surface area (Å²) in [5.74, 6) is 0.693. The van der Waals surface area contributed by atoms with Crippen LogP contribution in [0.4, 0.5) is 0 Å². The van der Waals surface area contributed by atoms with Crippen molar-refractivity contribution in [2.45, 2.75) is 31.8 Å². The van der Waals surface area contributed by atoms with Crippen molar-refractivity contribution < 1.29 is 4.74 Å². The highest BCUT2D eigenvalue weighted by atomic mass is 16.5. The van der Waals surface area contributed by atoms with Gasteiger partial charge in [-0.3, -0.25) is 9.88 Å². The number of ether oxygens (including phenoxy) is 1. The highest BCUT2D eigenvalue weighted by Crippen LogP contribution is 2.27. The molecule has 1 aromatic rings. The summed E-state index contributed by atoms with van der Waals surface area (Å²) in [5.41, 5.74) is 7.27. The van der Waals surface area contributed by atoms with Gasteiger partial charge in [0.25, 0.3) is 0 Å². The molecule has 2 N–H and O–H groups in total. The summed E-state index contributed by atoms with van der Waals surface area (Å²) in [7, 11) is 1.78. The first-order valence-electron chi connectivity index (χ1n) is 7.12. The van der Waals surface area contributed by atoms with Gasteiger partial charge in [0.05, 0.1) is 11.7 Å². The van der Waals surface area contributed by atoms with Gasteiger partial charge >= 0.3 is 0 Å². The molecule has 0 radical (unpaired) electrons. The molecular weight excluding hydrogens is 238 g/mol. The molecule has 1 fully saturated rings. The van der Waals surface area contributed by atoms with Gasteiger partial charge in [-0.25, -0.2) is 0 Å². The van der Waals surface area contributed by atoms with E-state index < -0.39 is 0 Å². The fourth-order valence-corrected chi connectivity index (χ4v) is 2.97. The molecule has 1 aliphatic heterocycles. The summed E-state index contributed by atoms with van der Waals surface area (Å²) in [6, 6.07) is 6.38. The molecule has 0 spiro atoms. The fourth-order valence-electron chi connectivity index (χ4n) is 2.97. The molecule has 19 heavy (non-hydrogen) atoms. The molecule has 0 bridgehead atoms. The second-order valence-electron chi connectivity index (χ2n) is 5.49. The van der Waals surface area contributed by atoms with E-state index >= 15 is 0 Å². The summed E-state index contributed by atoms with van der Waals surface area (Å²) in [6.45, 7) is 5.11. The number of likely N-dealkylation sites (tertiary alicyclic amines) is 1. The summed E-state index contributed by atoms with van der Waals surface area (Å²) in [6.07, 6.45) is 4.22. The molecule has 0 amide bonds. The van der Waals surface area contributed by atoms with Crippen molar-refractivity contribution in [3.05, 3.63) is 30.1 Å². The van der Waals surface area contributed by atoms with Crippen LogP contribution in [0.3, 0.4) is 0 Å². The van der Waals surface area contributed by atoms with Crippen molar-refractivity contribution in [3.8, 4) is 0 Å². The molecule has 4 heteroatoms. The highest BCUT2D eigenvalue weighted by molar-refractivity contribution is 5.11. The molecule has 2 heterocycles. The Morgan fingerprint density at radius 3 is 2.68 bits per heavy atom. The second kappa shape index (κ2) is 6.98. The molecule has 1 aromatic heterocycles. The van der Waals surface area contributed by atoms with Crippen molar-refractivity contribution in [1.82, 2.24) is 9.88 Å². The Bertz CT molecular complexity index is 361. The van der Waals surface area contributed by atoms with Gasteiger partial charge in [-0.1, -0.05) is 6.07 Å². The van der Waals surface area contributed by atoms with E-state index in [1.165, 1.54) is 12.8 Å². The van der Waals surface area contributed by atoms with Crippen molar-refractivity contribution >= 4 is 0 Å². The third-order valence-corrected chi connectivity index (χ3v) is 3.93. The number of rotatable bonds is 5. The van der Waals surface area contributed by atoms with Gasteiger partial charge in [0.15, 0.2) is 0 Å². The van der Waals surface area contributed by atoms with Crippen LogP contribution in [0.1, 0.15) is 31.5 Å². The van der Waals surface area contributed by atoms with E-state index in [0.29, 0.717) is 5.92 Å². The van der Waals surface area contributed by atoms with E-state index in [9.17, 15) is 0 Å². The van der Waals surface area contributed by atoms with Crippen molar-refractivity contribution in [2.24, 2.45) is 11.7 Å². The molecule has 2 atom stereocenters. The molecule has 2 rings (SSSR count). The maximum Gasteiger partial charge on any atom is 0.0670 e. The third-order valence-electron chi connectivity index (χ3n) is 3.93. The predicted octanol–water partition coefficient (Wildman–Crippen LogP) is 1.83. The van der Waals surface area contributed by atoms with Crippen LogP contribution in [-0.4, -0.2) is 42.7 Å². The zero-order valence-corrected chi connectivity index (χ0v) is 12.0. The van der Waals surface area contributed by atoms with Gasteiger partial charge in [-0.05, 0) is 50.9 Å². The Balaban J connectivity index is 2.02. The van der Waals surface area contributed by atoms with Crippen LogP contribution in [0.2, 0.25) is 0 Å². The van der Waals surface area contributed by atoms with E-state index in [0.717, 1.165) is 25.4 Å². The van der Waals surface area contributed by atoms with Crippen LogP contribution in [0.5, 0.6) is 0 Å². The van der Waals surface area contributed by atoms with Crippen molar-refractivity contribution in [2.75, 3.05) is 26.8 Å². The number of aromatic nitrogens is 1. The Kier molecular flexibility index (Phi) is 5.31. The van der Waals surface area contributed by atoms with Gasteiger partial charge in [0, 0.05) is 26.0 Å². The molecule has 4 nitrogen and oxygen atoms in total. The Hall–Kier alpha value is -0.970. The van der Waals surface area contributed by atoms with E-state index in [1.54, 1.807) is 7.11 Å². The summed E-state index contributed by atoms with van der Waals surface area (Å²) in [4.78, 5) is 6.96. The topological polar surface area (TPSA) is 51.4 Å². The van der Waals surface area contributed by atoms with Gasteiger partial charge in [0.2, 0.25) is 0 Å². The number of nitrogens with two attached hydrogens (primary N) is 1. The molecule has 1 saturated heterocycles. The minimum absolute atomic E-state index is 0.0916. The van der Waals surface area contributed by atoms with Crippen molar-refractivity contribution in [3.63, 3.8) is 0 Å². The first-order chi connectivity index (χ1) is 9.22. The lowest BCUT2D eigenvalue weighted by molar-refractivity contribution is 0.0724. The van der Waals surface area contributed by atoms with Gasteiger partial charge in [-0.15, -0.1) is 0 Å². The van der Waals surface area contributed by atoms with Crippen LogP contribution in [0.15, 0.2) is 24.4 Å². The minimum Gasteiger partial charge on any atom is -0.384 e. The normalized spacial score (nSPS) is 21.2. The van der Waals surface area contributed by atoms with Crippen LogP contribution < -0.4 is 5.73 Å². The maximum absolute atomic E-state index is 6.19. The number of piperidine rings is 1. The first kappa shape index (κ1) is 14.4. The molecule has 2 unspecified atom stereocenters. The monoisotopic (exact) mass is 263 g/mol. The highest BCUT2D eigenvalue weighted by Gasteiger charge is 2.29. The summed E-state index contributed by atoms with van der Waals surface area (Å²) < 4.78 is 5.25. The van der Waals surface area contributed by atoms with Crippen LogP contribution in [-0.2, 0) is 4.74 Å². The largest absolute Gasteiger partial charge is 0.384 e. The number of nitrogens with zero attached hydrogens (tertiary/aromatic N) is 2. The first-order valence-corrected chi connectivity index (χ1v) is 7.12. The van der Waals surface area contributed by atoms with Gasteiger partial charge < -0.3 is 10.5 Å². The second-order valence-corrected chi connectivity index (χ2v) is 5.49. The maximum atomic E-state index is 6.19. The van der Waals surface area contributed by atoms with E-state index in [-0.39, 0.29) is 12.1 Å². The number of pyridine rings is 1. The predicted molar refractivity (Wildman–Crippen MR) is 76.8 cm³/mol. The molecule has 0 aromatic carbocycles. The van der Waals surface area contributed by atoms with Crippen molar-refractivity contribution in [1.29, 1.82) is 0 Å². The minimum atomic E-state index is 0.0916. The molecule has 1 aliphatic rings. The number of hydrogen-bond acceptors (Lipinski definition) is 4. The van der Waals surface area contributed by atoms with Gasteiger partial charge in [-0.2, -0.15) is 0 Å². The molecular formula is C15H25N3O. The molecule has 106 valence electrons. The van der Waals surface area contributed by atoms with Gasteiger partial charge in [0.1, 0.15) is 0 Å². The zero-order chi connectivity index (χ0) is 13.7. The van der Waals surface area contributed by atoms with E-state index in [2.05, 4.69) is 22.9 Å². The van der Waals surface area contributed by atoms with Crippen LogP contribution in [0, 0.1) is 5.92 Å². The lowest BCUT2D eigenvalue weighted by Gasteiger charge is -2.38. The lowest BCUT2D eigenvalue weighted by atomic mass is 9.94. The van der Waals surface area contributed by atoms with E-state index in [1.807, 2.05) is 18.3 Å². The average molecular weight is 263 g/mol. The molecule has 0 aliphatic carbocycles. The Morgan fingerprint density at radius 2 is 2.16 bits per heavy atom. The average Bonchev–Trinajstić information content (AvgIpc) is 2.42. The SMILES string of the molecule is COCC1CCN(C(c2ccccn2)C(C)N)CC1. The quantitative estimate of drug-likeness (QED) is 0.880. The standard InChI is InChI=1S/C15H25N3O/c1-12(16)15(14-5-3-4-8-17-14)18-9-6-13(7-10-18)11-19-2/h3-5,8,12-13,15H,6-7,9-11,16H2,1-2H3. The fraction of sp³-hybridized carbons (Fsp3) is 0.667.